The Kier molecular flexibility index (Phi) is 6.24. The van der Waals surface area contributed by atoms with Gasteiger partial charge in [-0.05, 0) is 70.1 Å². The highest BCUT2D eigenvalue weighted by Gasteiger charge is 2.45. The van der Waals surface area contributed by atoms with Gasteiger partial charge in [0.15, 0.2) is 0 Å². The Morgan fingerprint density at radius 1 is 1.43 bits per heavy atom. The first kappa shape index (κ1) is 18.9. The molecule has 4 atom stereocenters. The lowest BCUT2D eigenvalue weighted by molar-refractivity contribution is 0.236. The van der Waals surface area contributed by atoms with Crippen LogP contribution >= 0.6 is 12.6 Å². The maximum absolute atomic E-state index is 5.82. The first-order chi connectivity index (χ1) is 10.7. The zero-order valence-electron chi connectivity index (χ0n) is 15.4. The van der Waals surface area contributed by atoms with Gasteiger partial charge in [-0.25, -0.2) is 0 Å². The Balaban J connectivity index is 2.16. The Hall–Kier alpha value is -0.470. The summed E-state index contributed by atoms with van der Waals surface area (Å²) in [5, 5.41) is -0.0131. The van der Waals surface area contributed by atoms with Crippen LogP contribution in [0.3, 0.4) is 0 Å². The summed E-state index contributed by atoms with van der Waals surface area (Å²) in [6, 6.07) is 0. The van der Waals surface area contributed by atoms with E-state index in [1.54, 1.807) is 5.57 Å². The van der Waals surface area contributed by atoms with Crippen molar-refractivity contribution in [3.8, 4) is 0 Å². The largest absolute Gasteiger partial charge is 0.320 e. The molecule has 2 fully saturated rings. The van der Waals surface area contributed by atoms with Crippen molar-refractivity contribution in [2.75, 3.05) is 0 Å². The molecular formula is C21H35NS. The molecule has 0 radical (unpaired) electrons. The summed E-state index contributed by atoms with van der Waals surface area (Å²) in [6.45, 7) is 13.5. The molecule has 4 unspecified atom stereocenters. The van der Waals surface area contributed by atoms with Crippen molar-refractivity contribution in [1.29, 1.82) is 0 Å². The van der Waals surface area contributed by atoms with Gasteiger partial charge in [-0.15, -0.1) is 0 Å². The highest BCUT2D eigenvalue weighted by Crippen LogP contribution is 2.56. The summed E-state index contributed by atoms with van der Waals surface area (Å²) in [5.41, 5.74) is 10.5. The van der Waals surface area contributed by atoms with Crippen LogP contribution in [0.15, 0.2) is 35.5 Å². The van der Waals surface area contributed by atoms with Gasteiger partial charge in [-0.1, -0.05) is 49.3 Å². The van der Waals surface area contributed by atoms with E-state index in [-0.39, 0.29) is 10.8 Å². The molecule has 2 aliphatic rings. The van der Waals surface area contributed by atoms with E-state index >= 15 is 0 Å². The van der Waals surface area contributed by atoms with Crippen LogP contribution in [0.1, 0.15) is 66.2 Å². The van der Waals surface area contributed by atoms with Gasteiger partial charge in [0.05, 0.1) is 0 Å². The standard InChI is InChI=1S/C21H35NS/c1-14(2)11-18(17-9-10-17)12-19(7-6-8-20(22)23)21(5)13-15(3)16(21)4/h7,11,15,17-18,20,23H,4,6,8-10,12-13,22H2,1-3,5H3/b19-7-. The van der Waals surface area contributed by atoms with Crippen LogP contribution in [0.25, 0.3) is 0 Å². The summed E-state index contributed by atoms with van der Waals surface area (Å²) in [6.07, 6.45) is 12.2. The van der Waals surface area contributed by atoms with Crippen molar-refractivity contribution >= 4 is 12.6 Å². The lowest BCUT2D eigenvalue weighted by Gasteiger charge is -2.49. The average molecular weight is 334 g/mol. The minimum atomic E-state index is -0.0131. The van der Waals surface area contributed by atoms with Gasteiger partial charge in [0.25, 0.3) is 0 Å². The Labute approximate surface area is 148 Å². The molecule has 0 amide bonds. The van der Waals surface area contributed by atoms with Gasteiger partial charge >= 0.3 is 0 Å². The number of rotatable bonds is 8. The minimum absolute atomic E-state index is 0.0131. The maximum atomic E-state index is 5.82. The van der Waals surface area contributed by atoms with Crippen molar-refractivity contribution in [1.82, 2.24) is 0 Å². The third kappa shape index (κ3) is 4.76. The van der Waals surface area contributed by atoms with Crippen LogP contribution in [0.2, 0.25) is 0 Å². The number of allylic oxidation sites excluding steroid dienone is 5. The predicted octanol–water partition coefficient (Wildman–Crippen LogP) is 5.89. The Bertz CT molecular complexity index is 494. The van der Waals surface area contributed by atoms with E-state index in [1.807, 2.05) is 0 Å². The molecule has 0 aromatic rings. The van der Waals surface area contributed by atoms with Crippen molar-refractivity contribution in [3.63, 3.8) is 0 Å². The molecule has 0 saturated heterocycles. The van der Waals surface area contributed by atoms with Crippen molar-refractivity contribution in [2.24, 2.45) is 28.9 Å². The Morgan fingerprint density at radius 2 is 2.09 bits per heavy atom. The monoisotopic (exact) mass is 333 g/mol. The van der Waals surface area contributed by atoms with Gasteiger partial charge in [0, 0.05) is 10.8 Å². The van der Waals surface area contributed by atoms with Gasteiger partial charge < -0.3 is 5.73 Å². The van der Waals surface area contributed by atoms with Crippen molar-refractivity contribution in [2.45, 2.75) is 71.6 Å². The van der Waals surface area contributed by atoms with E-state index in [0.717, 1.165) is 18.8 Å². The fourth-order valence-electron chi connectivity index (χ4n) is 4.15. The zero-order valence-corrected chi connectivity index (χ0v) is 16.3. The zero-order chi connectivity index (χ0) is 17.2. The lowest BCUT2D eigenvalue weighted by atomic mass is 9.55. The smallest absolute Gasteiger partial charge is 0.0480 e. The molecule has 1 nitrogen and oxygen atoms in total. The molecule has 0 aromatic carbocycles. The van der Waals surface area contributed by atoms with E-state index in [0.29, 0.717) is 11.8 Å². The van der Waals surface area contributed by atoms with Crippen LogP contribution in [0.4, 0.5) is 0 Å². The second-order valence-electron chi connectivity index (χ2n) is 8.29. The SMILES string of the molecule is C=C1C(C)CC1(C)/C(=C\CCC(N)S)CC(C=C(C)C)C1CC1. The molecular weight excluding hydrogens is 298 g/mol. The molecule has 23 heavy (non-hydrogen) atoms. The molecule has 0 aliphatic heterocycles. The van der Waals surface area contributed by atoms with Crippen LogP contribution < -0.4 is 5.73 Å². The second kappa shape index (κ2) is 7.61. The van der Waals surface area contributed by atoms with Crippen LogP contribution in [-0.4, -0.2) is 5.37 Å². The highest BCUT2D eigenvalue weighted by atomic mass is 32.1. The number of thiol groups is 1. The van der Waals surface area contributed by atoms with Crippen molar-refractivity contribution < 1.29 is 0 Å². The number of nitrogens with two attached hydrogens (primary N) is 1. The number of hydrogen-bond acceptors (Lipinski definition) is 2. The third-order valence-electron chi connectivity index (χ3n) is 5.81. The third-order valence-corrected chi connectivity index (χ3v) is 6.07. The topological polar surface area (TPSA) is 26.0 Å². The second-order valence-corrected chi connectivity index (χ2v) is 8.95. The Morgan fingerprint density at radius 3 is 2.52 bits per heavy atom. The molecule has 2 aliphatic carbocycles. The quantitative estimate of drug-likeness (QED) is 0.323. The fourth-order valence-corrected chi connectivity index (χ4v) is 4.30. The van der Waals surface area contributed by atoms with Gasteiger partial charge in [0.1, 0.15) is 0 Å². The summed E-state index contributed by atoms with van der Waals surface area (Å²) in [4.78, 5) is 0. The summed E-state index contributed by atoms with van der Waals surface area (Å²) in [7, 11) is 0. The molecule has 2 heteroatoms. The first-order valence-corrected chi connectivity index (χ1v) is 9.73. The molecule has 0 spiro atoms. The first-order valence-electron chi connectivity index (χ1n) is 9.21. The summed E-state index contributed by atoms with van der Waals surface area (Å²) < 4.78 is 0. The summed E-state index contributed by atoms with van der Waals surface area (Å²) in [5.74, 6) is 2.27. The predicted molar refractivity (Wildman–Crippen MR) is 106 cm³/mol. The lowest BCUT2D eigenvalue weighted by Crippen LogP contribution is -2.38. The average Bonchev–Trinajstić information content (AvgIpc) is 3.28. The molecule has 2 saturated carbocycles. The van der Waals surface area contributed by atoms with Gasteiger partial charge in [0.2, 0.25) is 0 Å². The van der Waals surface area contributed by atoms with Crippen LogP contribution in [0.5, 0.6) is 0 Å². The minimum Gasteiger partial charge on any atom is -0.320 e. The van der Waals surface area contributed by atoms with E-state index in [9.17, 15) is 0 Å². The number of hydrogen-bond donors (Lipinski definition) is 2. The normalized spacial score (nSPS) is 30.6. The summed E-state index contributed by atoms with van der Waals surface area (Å²) >= 11 is 4.32. The van der Waals surface area contributed by atoms with Gasteiger partial charge in [-0.2, -0.15) is 12.6 Å². The van der Waals surface area contributed by atoms with Crippen LogP contribution in [-0.2, 0) is 0 Å². The van der Waals surface area contributed by atoms with Crippen molar-refractivity contribution in [3.05, 3.63) is 35.5 Å². The van der Waals surface area contributed by atoms with E-state index in [1.165, 1.54) is 36.8 Å². The molecule has 2 N–H and O–H groups in total. The molecule has 0 aromatic heterocycles. The molecule has 0 bridgehead atoms. The van der Waals surface area contributed by atoms with E-state index in [4.69, 9.17) is 5.73 Å². The fraction of sp³-hybridized carbons (Fsp3) is 0.714. The maximum Gasteiger partial charge on any atom is 0.0480 e. The van der Waals surface area contributed by atoms with E-state index < -0.39 is 0 Å². The van der Waals surface area contributed by atoms with E-state index in [2.05, 4.69) is 59.1 Å². The molecule has 130 valence electrons. The van der Waals surface area contributed by atoms with Gasteiger partial charge in [-0.3, -0.25) is 0 Å². The highest BCUT2D eigenvalue weighted by molar-refractivity contribution is 7.80. The molecule has 0 heterocycles. The van der Waals surface area contributed by atoms with Crippen LogP contribution in [0, 0.1) is 23.2 Å². The molecule has 2 rings (SSSR count).